The molecule has 1 aromatic rings. The Balaban J connectivity index is 1.88. The fourth-order valence-electron chi connectivity index (χ4n) is 2.34. The fraction of sp³-hybridized carbons (Fsp3) is 0.692. The van der Waals surface area contributed by atoms with E-state index < -0.39 is 10.0 Å². The lowest BCUT2D eigenvalue weighted by Gasteiger charge is -2.34. The van der Waals surface area contributed by atoms with Crippen molar-refractivity contribution in [3.63, 3.8) is 0 Å². The lowest BCUT2D eigenvalue weighted by Crippen LogP contribution is -2.45. The molecule has 0 radical (unpaired) electrons. The molecular formula is C13H21ClN2O2S2. The lowest BCUT2D eigenvalue weighted by molar-refractivity contribution is 0.148. The summed E-state index contributed by atoms with van der Waals surface area (Å²) in [5, 5.41) is 0. The van der Waals surface area contributed by atoms with Gasteiger partial charge in [0.05, 0.1) is 4.34 Å². The monoisotopic (exact) mass is 336 g/mol. The minimum Gasteiger partial charge on any atom is -0.299 e. The molecule has 1 aliphatic rings. The van der Waals surface area contributed by atoms with Crippen LogP contribution in [0.5, 0.6) is 0 Å². The first-order chi connectivity index (χ1) is 9.38. The third kappa shape index (κ3) is 4.18. The van der Waals surface area contributed by atoms with Gasteiger partial charge in [-0.3, -0.25) is 4.90 Å². The number of hydrogen-bond donors (Lipinski definition) is 1. The van der Waals surface area contributed by atoms with Crippen molar-refractivity contribution in [2.75, 3.05) is 19.6 Å². The van der Waals surface area contributed by atoms with Crippen LogP contribution in [0.1, 0.15) is 26.7 Å². The molecule has 1 N–H and O–H groups in total. The second-order valence-corrected chi connectivity index (χ2v) is 9.19. The van der Waals surface area contributed by atoms with Crippen molar-refractivity contribution in [3.8, 4) is 0 Å². The molecule has 1 aromatic heterocycles. The van der Waals surface area contributed by atoms with Crippen molar-refractivity contribution in [3.05, 3.63) is 16.5 Å². The summed E-state index contributed by atoms with van der Waals surface area (Å²) < 4.78 is 27.7. The third-order valence-corrected chi connectivity index (χ3v) is 6.97. The van der Waals surface area contributed by atoms with Crippen molar-refractivity contribution >= 4 is 33.0 Å². The molecule has 1 aliphatic heterocycles. The summed E-state index contributed by atoms with van der Waals surface area (Å²) in [6.45, 7) is 6.88. The van der Waals surface area contributed by atoms with Gasteiger partial charge in [0.15, 0.2) is 0 Å². The van der Waals surface area contributed by atoms with Crippen molar-refractivity contribution in [2.24, 2.45) is 5.92 Å². The third-order valence-electron chi connectivity index (χ3n) is 3.82. The molecule has 2 heterocycles. The zero-order valence-corrected chi connectivity index (χ0v) is 14.2. The van der Waals surface area contributed by atoms with Crippen LogP contribution in [-0.4, -0.2) is 39.0 Å². The fourth-order valence-corrected chi connectivity index (χ4v) is 4.99. The number of thiophene rings is 1. The van der Waals surface area contributed by atoms with Crippen LogP contribution in [0.2, 0.25) is 4.34 Å². The lowest BCUT2D eigenvalue weighted by atomic mass is 9.98. The Morgan fingerprint density at radius 3 is 2.65 bits per heavy atom. The molecule has 0 spiro atoms. The highest BCUT2D eigenvalue weighted by Crippen LogP contribution is 2.25. The van der Waals surface area contributed by atoms with E-state index >= 15 is 0 Å². The summed E-state index contributed by atoms with van der Waals surface area (Å²) in [4.78, 5) is 2.35. The average molecular weight is 337 g/mol. The number of sulfonamides is 1. The summed E-state index contributed by atoms with van der Waals surface area (Å²) in [6, 6.07) is 3.37. The summed E-state index contributed by atoms with van der Waals surface area (Å²) >= 11 is 6.87. The second kappa shape index (κ2) is 6.75. The molecular weight excluding hydrogens is 316 g/mol. The second-order valence-electron chi connectivity index (χ2n) is 5.48. The highest BCUT2D eigenvalue weighted by molar-refractivity contribution is 7.91. The largest absolute Gasteiger partial charge is 0.299 e. The first-order valence-corrected chi connectivity index (χ1v) is 9.55. The van der Waals surface area contributed by atoms with Gasteiger partial charge in [-0.25, -0.2) is 13.1 Å². The van der Waals surface area contributed by atoms with Gasteiger partial charge >= 0.3 is 0 Å². The van der Waals surface area contributed by atoms with E-state index in [0.717, 1.165) is 30.3 Å². The molecule has 1 fully saturated rings. The molecule has 0 aliphatic carbocycles. The number of rotatable bonds is 5. The Hall–Kier alpha value is -0.140. The molecule has 20 heavy (non-hydrogen) atoms. The van der Waals surface area contributed by atoms with Crippen LogP contribution in [0.25, 0.3) is 0 Å². The molecule has 1 atom stereocenters. The van der Waals surface area contributed by atoms with Gasteiger partial charge in [-0.2, -0.15) is 0 Å². The number of hydrogen-bond acceptors (Lipinski definition) is 4. The summed E-state index contributed by atoms with van der Waals surface area (Å²) in [6.07, 6.45) is 2.38. The maximum Gasteiger partial charge on any atom is 0.250 e. The van der Waals surface area contributed by atoms with Crippen LogP contribution in [0.15, 0.2) is 16.3 Å². The van der Waals surface area contributed by atoms with Crippen molar-refractivity contribution in [2.45, 2.75) is 36.9 Å². The quantitative estimate of drug-likeness (QED) is 0.899. The zero-order valence-electron chi connectivity index (χ0n) is 11.8. The molecule has 0 aromatic carbocycles. The average Bonchev–Trinajstić information content (AvgIpc) is 2.84. The van der Waals surface area contributed by atoms with Gasteiger partial charge < -0.3 is 0 Å². The smallest absolute Gasteiger partial charge is 0.250 e. The van der Waals surface area contributed by atoms with E-state index in [4.69, 9.17) is 11.6 Å². The van der Waals surface area contributed by atoms with E-state index in [9.17, 15) is 8.42 Å². The Kier molecular flexibility index (Phi) is 5.48. The van der Waals surface area contributed by atoms with E-state index in [0.29, 0.717) is 10.9 Å². The van der Waals surface area contributed by atoms with Crippen LogP contribution in [0.4, 0.5) is 0 Å². The Morgan fingerprint density at radius 1 is 1.45 bits per heavy atom. The molecule has 1 unspecified atom stereocenters. The van der Waals surface area contributed by atoms with Crippen molar-refractivity contribution < 1.29 is 8.42 Å². The molecule has 7 heteroatoms. The van der Waals surface area contributed by atoms with E-state index in [-0.39, 0.29) is 10.3 Å². The van der Waals surface area contributed by atoms with Crippen LogP contribution >= 0.6 is 22.9 Å². The highest BCUT2D eigenvalue weighted by Gasteiger charge is 2.23. The van der Waals surface area contributed by atoms with Crippen molar-refractivity contribution in [1.82, 2.24) is 9.62 Å². The van der Waals surface area contributed by atoms with Crippen LogP contribution in [0.3, 0.4) is 0 Å². The minimum atomic E-state index is -3.43. The van der Waals surface area contributed by atoms with E-state index in [1.807, 2.05) is 0 Å². The van der Waals surface area contributed by atoms with Gasteiger partial charge in [0, 0.05) is 12.6 Å². The maximum atomic E-state index is 12.1. The molecule has 0 amide bonds. The molecule has 114 valence electrons. The predicted octanol–water partition coefficient (Wildman–Crippen LogP) is 2.80. The number of halogens is 1. The normalized spacial score (nSPS) is 20.1. The topological polar surface area (TPSA) is 49.4 Å². The number of likely N-dealkylation sites (tertiary alicyclic amines) is 1. The molecule has 0 bridgehead atoms. The van der Waals surface area contributed by atoms with Crippen molar-refractivity contribution in [1.29, 1.82) is 0 Å². The summed E-state index contributed by atoms with van der Waals surface area (Å²) in [5.41, 5.74) is 0. The van der Waals surface area contributed by atoms with Crippen LogP contribution < -0.4 is 4.72 Å². The Bertz CT molecular complexity index is 536. The number of piperidine rings is 1. The standard InChI is InChI=1S/C13H21ClN2O2S2/c1-10-5-7-16(8-6-10)11(2)9-15-20(17,18)13-4-3-12(14)19-13/h3-4,10-11,15H,5-9H2,1-2H3. The predicted molar refractivity (Wildman–Crippen MR) is 84.0 cm³/mol. The first kappa shape index (κ1) is 16.2. The summed E-state index contributed by atoms with van der Waals surface area (Å²) in [5.74, 6) is 0.781. The Labute approximate surface area is 130 Å². The first-order valence-electron chi connectivity index (χ1n) is 6.87. The maximum absolute atomic E-state index is 12.1. The molecule has 1 saturated heterocycles. The van der Waals surface area contributed by atoms with Gasteiger partial charge in [0.25, 0.3) is 0 Å². The zero-order chi connectivity index (χ0) is 14.8. The van der Waals surface area contributed by atoms with Gasteiger partial charge in [0.2, 0.25) is 10.0 Å². The van der Waals surface area contributed by atoms with E-state index in [1.165, 1.54) is 12.8 Å². The van der Waals surface area contributed by atoms with Gasteiger partial charge in [-0.05, 0) is 50.9 Å². The SMILES string of the molecule is CC1CCN(C(C)CNS(=O)(=O)c2ccc(Cl)s2)CC1. The highest BCUT2D eigenvalue weighted by atomic mass is 35.5. The minimum absolute atomic E-state index is 0.215. The molecule has 4 nitrogen and oxygen atoms in total. The summed E-state index contributed by atoms with van der Waals surface area (Å²) in [7, 11) is -3.43. The Morgan fingerprint density at radius 2 is 2.10 bits per heavy atom. The molecule has 0 saturated carbocycles. The van der Waals surface area contributed by atoms with Gasteiger partial charge in [-0.1, -0.05) is 18.5 Å². The van der Waals surface area contributed by atoms with Gasteiger partial charge in [-0.15, -0.1) is 11.3 Å². The van der Waals surface area contributed by atoms with Crippen LogP contribution in [0, 0.1) is 5.92 Å². The van der Waals surface area contributed by atoms with E-state index in [2.05, 4.69) is 23.5 Å². The van der Waals surface area contributed by atoms with E-state index in [1.54, 1.807) is 12.1 Å². The number of nitrogens with one attached hydrogen (secondary N) is 1. The van der Waals surface area contributed by atoms with Crippen LogP contribution in [-0.2, 0) is 10.0 Å². The number of nitrogens with zero attached hydrogens (tertiary/aromatic N) is 1. The van der Waals surface area contributed by atoms with Gasteiger partial charge in [0.1, 0.15) is 4.21 Å². The molecule has 2 rings (SSSR count).